The lowest BCUT2D eigenvalue weighted by atomic mass is 9.82. The normalized spacial score (nSPS) is 27.4. The van der Waals surface area contributed by atoms with Crippen molar-refractivity contribution in [3.63, 3.8) is 0 Å². The topological polar surface area (TPSA) is 67.8 Å². The Kier molecular flexibility index (Phi) is 4.91. The third kappa shape index (κ3) is 3.66. The van der Waals surface area contributed by atoms with Crippen molar-refractivity contribution in [1.29, 1.82) is 0 Å². The van der Waals surface area contributed by atoms with Gasteiger partial charge in [0.05, 0.1) is 10.6 Å². The standard InChI is InChI=1S/C15H21BrN2O2/c1-9-5-10(2)7-12(6-9)20-14-4-3-11(8-13(14)16)15(17)18-19/h3-4,8-10,12,19H,5-7H2,1-2H3,(H2,17,18). The zero-order valence-electron chi connectivity index (χ0n) is 11.8. The summed E-state index contributed by atoms with van der Waals surface area (Å²) in [4.78, 5) is 0. The molecule has 2 atom stereocenters. The Morgan fingerprint density at radius 1 is 1.30 bits per heavy atom. The van der Waals surface area contributed by atoms with Crippen molar-refractivity contribution in [1.82, 2.24) is 0 Å². The number of oxime groups is 1. The van der Waals surface area contributed by atoms with Gasteiger partial charge in [0.1, 0.15) is 5.75 Å². The van der Waals surface area contributed by atoms with Crippen LogP contribution in [0.4, 0.5) is 0 Å². The van der Waals surface area contributed by atoms with Crippen LogP contribution >= 0.6 is 15.9 Å². The third-order valence-corrected chi connectivity index (χ3v) is 4.38. The number of rotatable bonds is 3. The molecule has 0 spiro atoms. The Bertz CT molecular complexity index is 495. The van der Waals surface area contributed by atoms with Gasteiger partial charge in [-0.2, -0.15) is 0 Å². The van der Waals surface area contributed by atoms with Gasteiger partial charge >= 0.3 is 0 Å². The predicted octanol–water partition coefficient (Wildman–Crippen LogP) is 3.75. The van der Waals surface area contributed by atoms with Crippen LogP contribution in [0.2, 0.25) is 0 Å². The van der Waals surface area contributed by atoms with Gasteiger partial charge in [0.25, 0.3) is 0 Å². The van der Waals surface area contributed by atoms with E-state index < -0.39 is 0 Å². The van der Waals surface area contributed by atoms with E-state index in [4.69, 9.17) is 15.7 Å². The summed E-state index contributed by atoms with van der Waals surface area (Å²) in [5.74, 6) is 2.32. The van der Waals surface area contributed by atoms with Gasteiger partial charge in [-0.15, -0.1) is 0 Å². The number of hydrogen-bond acceptors (Lipinski definition) is 3. The molecular formula is C15H21BrN2O2. The molecular weight excluding hydrogens is 320 g/mol. The van der Waals surface area contributed by atoms with Crippen LogP contribution < -0.4 is 10.5 Å². The molecule has 0 radical (unpaired) electrons. The molecule has 0 bridgehead atoms. The summed E-state index contributed by atoms with van der Waals surface area (Å²) in [6.07, 6.45) is 3.74. The molecule has 1 aliphatic carbocycles. The lowest BCUT2D eigenvalue weighted by Crippen LogP contribution is -2.28. The van der Waals surface area contributed by atoms with Crippen LogP contribution in [0.3, 0.4) is 0 Å². The minimum atomic E-state index is 0.0946. The van der Waals surface area contributed by atoms with Crippen molar-refractivity contribution in [3.05, 3.63) is 28.2 Å². The minimum Gasteiger partial charge on any atom is -0.489 e. The lowest BCUT2D eigenvalue weighted by Gasteiger charge is -2.32. The molecule has 3 N–H and O–H groups in total. The van der Waals surface area contributed by atoms with E-state index in [2.05, 4.69) is 34.9 Å². The first-order chi connectivity index (χ1) is 9.49. The maximum Gasteiger partial charge on any atom is 0.170 e. The van der Waals surface area contributed by atoms with Crippen LogP contribution in [-0.2, 0) is 0 Å². The molecule has 1 fully saturated rings. The average Bonchev–Trinajstić information content (AvgIpc) is 2.39. The highest BCUT2D eigenvalue weighted by Gasteiger charge is 2.25. The molecule has 1 saturated carbocycles. The molecule has 0 aliphatic heterocycles. The quantitative estimate of drug-likeness (QED) is 0.381. The van der Waals surface area contributed by atoms with Gasteiger partial charge in [0.2, 0.25) is 0 Å². The van der Waals surface area contributed by atoms with Crippen LogP contribution in [-0.4, -0.2) is 17.1 Å². The smallest absolute Gasteiger partial charge is 0.170 e. The first kappa shape index (κ1) is 15.2. The van der Waals surface area contributed by atoms with Gasteiger partial charge < -0.3 is 15.7 Å². The van der Waals surface area contributed by atoms with Gasteiger partial charge in [-0.25, -0.2) is 0 Å². The van der Waals surface area contributed by atoms with E-state index in [0.29, 0.717) is 17.4 Å². The summed E-state index contributed by atoms with van der Waals surface area (Å²) in [6, 6.07) is 5.46. The van der Waals surface area contributed by atoms with Crippen molar-refractivity contribution >= 4 is 21.8 Å². The van der Waals surface area contributed by atoms with E-state index in [1.54, 1.807) is 12.1 Å². The van der Waals surface area contributed by atoms with E-state index in [1.807, 2.05) is 6.07 Å². The average molecular weight is 341 g/mol. The molecule has 0 saturated heterocycles. The maximum atomic E-state index is 8.68. The zero-order chi connectivity index (χ0) is 14.7. The second-order valence-corrected chi connectivity index (χ2v) is 6.64. The van der Waals surface area contributed by atoms with Crippen molar-refractivity contribution in [3.8, 4) is 5.75 Å². The van der Waals surface area contributed by atoms with Crippen LogP contribution in [0.25, 0.3) is 0 Å². The second-order valence-electron chi connectivity index (χ2n) is 5.79. The zero-order valence-corrected chi connectivity index (χ0v) is 13.4. The van der Waals surface area contributed by atoms with Crippen molar-refractivity contribution < 1.29 is 9.94 Å². The van der Waals surface area contributed by atoms with E-state index in [0.717, 1.165) is 23.1 Å². The van der Waals surface area contributed by atoms with Crippen LogP contribution in [0, 0.1) is 11.8 Å². The first-order valence-electron chi connectivity index (χ1n) is 6.93. The summed E-state index contributed by atoms with van der Waals surface area (Å²) in [7, 11) is 0. The molecule has 0 heterocycles. The van der Waals surface area contributed by atoms with Gasteiger partial charge in [-0.1, -0.05) is 19.0 Å². The molecule has 0 amide bonds. The van der Waals surface area contributed by atoms with Gasteiger partial charge in [-0.3, -0.25) is 0 Å². The van der Waals surface area contributed by atoms with Gasteiger partial charge in [0, 0.05) is 5.56 Å². The van der Waals surface area contributed by atoms with E-state index >= 15 is 0 Å². The van der Waals surface area contributed by atoms with E-state index in [1.165, 1.54) is 6.42 Å². The van der Waals surface area contributed by atoms with E-state index in [-0.39, 0.29) is 11.9 Å². The molecule has 1 aliphatic rings. The van der Waals surface area contributed by atoms with Crippen LogP contribution in [0.15, 0.2) is 27.8 Å². The number of halogens is 1. The Morgan fingerprint density at radius 3 is 2.50 bits per heavy atom. The summed E-state index contributed by atoms with van der Waals surface area (Å²) in [5, 5.41) is 11.7. The number of nitrogens with zero attached hydrogens (tertiary/aromatic N) is 1. The predicted molar refractivity (Wildman–Crippen MR) is 83.2 cm³/mol. The SMILES string of the molecule is CC1CC(C)CC(Oc2ccc(/C(N)=N/O)cc2Br)C1. The monoisotopic (exact) mass is 340 g/mol. The maximum absolute atomic E-state index is 8.68. The highest BCUT2D eigenvalue weighted by atomic mass is 79.9. The summed E-state index contributed by atoms with van der Waals surface area (Å²) in [5.41, 5.74) is 6.24. The van der Waals surface area contributed by atoms with Gasteiger partial charge in [-0.05, 0) is 65.2 Å². The Morgan fingerprint density at radius 2 is 1.95 bits per heavy atom. The first-order valence-corrected chi connectivity index (χ1v) is 7.73. The fraction of sp³-hybridized carbons (Fsp3) is 0.533. The number of nitrogens with two attached hydrogens (primary N) is 1. The largest absolute Gasteiger partial charge is 0.489 e. The fourth-order valence-corrected chi connectivity index (χ4v) is 3.43. The highest BCUT2D eigenvalue weighted by Crippen LogP contribution is 2.34. The molecule has 5 heteroatoms. The number of amidine groups is 1. The number of benzene rings is 1. The minimum absolute atomic E-state index is 0.0946. The molecule has 110 valence electrons. The molecule has 4 nitrogen and oxygen atoms in total. The van der Waals surface area contributed by atoms with Crippen molar-refractivity contribution in [2.75, 3.05) is 0 Å². The van der Waals surface area contributed by atoms with Crippen LogP contribution in [0.5, 0.6) is 5.75 Å². The molecule has 1 aromatic rings. The van der Waals surface area contributed by atoms with Crippen LogP contribution in [0.1, 0.15) is 38.7 Å². The van der Waals surface area contributed by atoms with Crippen molar-refractivity contribution in [2.45, 2.75) is 39.2 Å². The highest BCUT2D eigenvalue weighted by molar-refractivity contribution is 9.10. The number of hydrogen-bond donors (Lipinski definition) is 2. The number of ether oxygens (including phenoxy) is 1. The molecule has 0 aromatic heterocycles. The second kappa shape index (κ2) is 6.48. The Hall–Kier alpha value is -1.23. The molecule has 2 unspecified atom stereocenters. The summed E-state index contributed by atoms with van der Waals surface area (Å²) >= 11 is 3.48. The third-order valence-electron chi connectivity index (χ3n) is 3.76. The molecule has 2 rings (SSSR count). The molecule has 20 heavy (non-hydrogen) atoms. The fourth-order valence-electron chi connectivity index (χ4n) is 2.96. The summed E-state index contributed by atoms with van der Waals surface area (Å²) in [6.45, 7) is 4.56. The lowest BCUT2D eigenvalue weighted by molar-refractivity contribution is 0.100. The van der Waals surface area contributed by atoms with Gasteiger partial charge in [0.15, 0.2) is 5.84 Å². The van der Waals surface area contributed by atoms with Crippen molar-refractivity contribution in [2.24, 2.45) is 22.7 Å². The Labute approximate surface area is 128 Å². The molecule has 1 aromatic carbocycles. The Balaban J connectivity index is 2.10. The summed E-state index contributed by atoms with van der Waals surface area (Å²) < 4.78 is 6.93. The van der Waals surface area contributed by atoms with E-state index in [9.17, 15) is 0 Å².